The number of nitrogens with zero attached hydrogens (tertiary/aromatic N) is 1. The molecule has 1 aliphatic heterocycles. The fourth-order valence-corrected chi connectivity index (χ4v) is 2.50. The van der Waals surface area contributed by atoms with Gasteiger partial charge in [0.15, 0.2) is 0 Å². The van der Waals surface area contributed by atoms with Gasteiger partial charge in [0.2, 0.25) is 5.91 Å². The van der Waals surface area contributed by atoms with Gasteiger partial charge in [0.05, 0.1) is 6.04 Å². The molecule has 0 radical (unpaired) electrons. The number of amides is 2. The first kappa shape index (κ1) is 18.5. The zero-order chi connectivity index (χ0) is 17.1. The number of nitrogens with one attached hydrogen (secondary N) is 1. The molecule has 1 rings (SSSR count). The Labute approximate surface area is 134 Å². The van der Waals surface area contributed by atoms with Crippen LogP contribution < -0.4 is 5.32 Å². The van der Waals surface area contributed by atoms with E-state index in [2.05, 4.69) is 26.1 Å². The number of likely N-dealkylation sites (tertiary alicyclic amines) is 1. The van der Waals surface area contributed by atoms with Crippen molar-refractivity contribution in [3.8, 4) is 0 Å². The average Bonchev–Trinajstić information content (AvgIpc) is 2.71. The number of hydrogen-bond acceptors (Lipinski definition) is 3. The lowest BCUT2D eigenvalue weighted by atomic mass is 9.93. The number of rotatable bonds is 2. The Balaban J connectivity index is 2.54. The molecule has 0 aliphatic carbocycles. The topological polar surface area (TPSA) is 58.6 Å². The molecule has 2 amide bonds. The molecule has 1 heterocycles. The normalized spacial score (nSPS) is 20.0. The Hall–Kier alpha value is -1.52. The van der Waals surface area contributed by atoms with E-state index in [0.29, 0.717) is 13.1 Å². The summed E-state index contributed by atoms with van der Waals surface area (Å²) in [5.41, 5.74) is 0.225. The van der Waals surface area contributed by atoms with Gasteiger partial charge in [-0.1, -0.05) is 26.8 Å². The Morgan fingerprint density at radius 3 is 2.27 bits per heavy atom. The van der Waals surface area contributed by atoms with Gasteiger partial charge in [0.25, 0.3) is 0 Å². The molecule has 5 nitrogen and oxygen atoms in total. The van der Waals surface area contributed by atoms with Gasteiger partial charge in [-0.2, -0.15) is 0 Å². The molecule has 1 unspecified atom stereocenters. The summed E-state index contributed by atoms with van der Waals surface area (Å²) in [6, 6.07) is -0.0405. The van der Waals surface area contributed by atoms with Crippen molar-refractivity contribution in [2.24, 2.45) is 5.41 Å². The van der Waals surface area contributed by atoms with Crippen molar-refractivity contribution in [2.75, 3.05) is 13.1 Å². The van der Waals surface area contributed by atoms with Crippen LogP contribution in [-0.4, -0.2) is 41.6 Å². The molecular weight excluding hydrogens is 280 g/mol. The van der Waals surface area contributed by atoms with Gasteiger partial charge < -0.3 is 15.0 Å². The third-order valence-electron chi connectivity index (χ3n) is 3.18. The Morgan fingerprint density at radius 1 is 1.18 bits per heavy atom. The molecule has 1 aliphatic rings. The van der Waals surface area contributed by atoms with Crippen LogP contribution in [0.1, 0.15) is 54.9 Å². The van der Waals surface area contributed by atoms with Crippen LogP contribution >= 0.6 is 0 Å². The summed E-state index contributed by atoms with van der Waals surface area (Å²) in [6.45, 7) is 14.7. The molecule has 1 saturated heterocycles. The minimum atomic E-state index is -0.510. The standard InChI is InChI=1S/C17H30N2O3/c1-12(10-16(2,3)4)14(20)19-9-8-13(11-19)18-15(21)22-17(5,6)7/h10,13H,8-9,11H2,1-7H3,(H,18,21). The van der Waals surface area contributed by atoms with E-state index in [1.807, 2.05) is 33.8 Å². The third kappa shape index (κ3) is 6.50. The average molecular weight is 310 g/mol. The van der Waals surface area contributed by atoms with Gasteiger partial charge in [-0.25, -0.2) is 4.79 Å². The van der Waals surface area contributed by atoms with Gasteiger partial charge in [0, 0.05) is 18.7 Å². The summed E-state index contributed by atoms with van der Waals surface area (Å²) in [7, 11) is 0. The van der Waals surface area contributed by atoms with E-state index in [4.69, 9.17) is 4.74 Å². The molecule has 1 atom stereocenters. The minimum Gasteiger partial charge on any atom is -0.444 e. The lowest BCUT2D eigenvalue weighted by molar-refractivity contribution is -0.126. The Kier molecular flexibility index (Phi) is 5.65. The first-order valence-corrected chi connectivity index (χ1v) is 7.86. The minimum absolute atomic E-state index is 0.0202. The number of ether oxygens (including phenoxy) is 1. The summed E-state index contributed by atoms with van der Waals surface area (Å²) in [6.07, 6.45) is 2.33. The molecule has 0 aromatic rings. The first-order chi connectivity index (χ1) is 9.87. The van der Waals surface area contributed by atoms with Crippen molar-refractivity contribution < 1.29 is 14.3 Å². The molecule has 0 saturated carbocycles. The largest absolute Gasteiger partial charge is 0.444 e. The number of carbonyl (C=O) groups excluding carboxylic acids is 2. The van der Waals surface area contributed by atoms with Crippen LogP contribution in [-0.2, 0) is 9.53 Å². The van der Waals surface area contributed by atoms with Crippen LogP contribution in [0.5, 0.6) is 0 Å². The van der Waals surface area contributed by atoms with Crippen molar-refractivity contribution in [1.82, 2.24) is 10.2 Å². The molecule has 1 fully saturated rings. The van der Waals surface area contributed by atoms with Gasteiger partial charge in [-0.05, 0) is 39.5 Å². The van der Waals surface area contributed by atoms with Crippen molar-refractivity contribution in [3.05, 3.63) is 11.6 Å². The summed E-state index contributed by atoms with van der Waals surface area (Å²) in [5, 5.41) is 2.83. The molecular formula is C17H30N2O3. The summed E-state index contributed by atoms with van der Waals surface area (Å²) < 4.78 is 5.24. The van der Waals surface area contributed by atoms with Crippen LogP contribution in [0.2, 0.25) is 0 Å². The smallest absolute Gasteiger partial charge is 0.407 e. The molecule has 0 aromatic carbocycles. The zero-order valence-electron chi connectivity index (χ0n) is 14.9. The van der Waals surface area contributed by atoms with Gasteiger partial charge in [-0.15, -0.1) is 0 Å². The van der Waals surface area contributed by atoms with E-state index in [-0.39, 0.29) is 17.4 Å². The number of hydrogen-bond donors (Lipinski definition) is 1. The highest BCUT2D eigenvalue weighted by Gasteiger charge is 2.29. The van der Waals surface area contributed by atoms with E-state index >= 15 is 0 Å². The SMILES string of the molecule is CC(=CC(C)(C)C)C(=O)N1CCC(NC(=O)OC(C)(C)C)C1. The lowest BCUT2D eigenvalue weighted by Gasteiger charge is -2.22. The van der Waals surface area contributed by atoms with E-state index in [0.717, 1.165) is 12.0 Å². The number of carbonyl (C=O) groups is 2. The third-order valence-corrected chi connectivity index (χ3v) is 3.18. The van der Waals surface area contributed by atoms with Crippen LogP contribution in [0.15, 0.2) is 11.6 Å². The lowest BCUT2D eigenvalue weighted by Crippen LogP contribution is -2.41. The molecule has 0 spiro atoms. The fraction of sp³-hybridized carbons (Fsp3) is 0.765. The maximum Gasteiger partial charge on any atom is 0.407 e. The fourth-order valence-electron chi connectivity index (χ4n) is 2.50. The first-order valence-electron chi connectivity index (χ1n) is 7.86. The van der Waals surface area contributed by atoms with Gasteiger partial charge in [0.1, 0.15) is 5.60 Å². The van der Waals surface area contributed by atoms with Crippen molar-refractivity contribution in [1.29, 1.82) is 0 Å². The highest BCUT2D eigenvalue weighted by Crippen LogP contribution is 2.20. The molecule has 1 N–H and O–H groups in total. The van der Waals surface area contributed by atoms with Crippen LogP contribution in [0.3, 0.4) is 0 Å². The zero-order valence-corrected chi connectivity index (χ0v) is 14.9. The Bertz CT molecular complexity index is 456. The molecule has 126 valence electrons. The van der Waals surface area contributed by atoms with E-state index in [9.17, 15) is 9.59 Å². The monoisotopic (exact) mass is 310 g/mol. The highest BCUT2D eigenvalue weighted by atomic mass is 16.6. The second-order valence-corrected chi connectivity index (χ2v) is 8.08. The number of allylic oxidation sites excluding steroid dienone is 1. The molecule has 5 heteroatoms. The van der Waals surface area contributed by atoms with E-state index < -0.39 is 11.7 Å². The Morgan fingerprint density at radius 2 is 1.77 bits per heavy atom. The molecule has 0 aromatic heterocycles. The quantitative estimate of drug-likeness (QED) is 0.797. The van der Waals surface area contributed by atoms with E-state index in [1.54, 1.807) is 4.90 Å². The maximum atomic E-state index is 12.4. The van der Waals surface area contributed by atoms with Crippen molar-refractivity contribution in [3.63, 3.8) is 0 Å². The summed E-state index contributed by atoms with van der Waals surface area (Å²) in [4.78, 5) is 26.0. The molecule has 0 bridgehead atoms. The summed E-state index contributed by atoms with van der Waals surface area (Å²) in [5.74, 6) is 0.0448. The predicted octanol–water partition coefficient (Wildman–Crippen LogP) is 3.10. The number of alkyl carbamates (subject to hydrolysis) is 1. The van der Waals surface area contributed by atoms with Crippen LogP contribution in [0, 0.1) is 5.41 Å². The highest BCUT2D eigenvalue weighted by molar-refractivity contribution is 5.93. The maximum absolute atomic E-state index is 12.4. The van der Waals surface area contributed by atoms with Gasteiger partial charge in [-0.3, -0.25) is 4.79 Å². The second kappa shape index (κ2) is 6.71. The summed E-state index contributed by atoms with van der Waals surface area (Å²) >= 11 is 0. The molecule has 22 heavy (non-hydrogen) atoms. The second-order valence-electron chi connectivity index (χ2n) is 8.08. The predicted molar refractivity (Wildman–Crippen MR) is 87.6 cm³/mol. The van der Waals surface area contributed by atoms with Gasteiger partial charge >= 0.3 is 6.09 Å². The van der Waals surface area contributed by atoms with E-state index in [1.165, 1.54) is 0 Å². The van der Waals surface area contributed by atoms with Crippen molar-refractivity contribution >= 4 is 12.0 Å². The van der Waals surface area contributed by atoms with Crippen molar-refractivity contribution in [2.45, 2.75) is 66.5 Å². The van der Waals surface area contributed by atoms with Crippen LogP contribution in [0.25, 0.3) is 0 Å². The van der Waals surface area contributed by atoms with Crippen LogP contribution in [0.4, 0.5) is 4.79 Å².